The van der Waals surface area contributed by atoms with E-state index in [1.807, 2.05) is 13.8 Å². The van der Waals surface area contributed by atoms with E-state index in [-0.39, 0.29) is 30.1 Å². The van der Waals surface area contributed by atoms with E-state index in [9.17, 15) is 0 Å². The van der Waals surface area contributed by atoms with E-state index in [1.54, 1.807) is 7.05 Å². The average Bonchev–Trinajstić information content (AvgIpc) is 2.92. The van der Waals surface area contributed by atoms with Crippen molar-refractivity contribution in [3.63, 3.8) is 0 Å². The van der Waals surface area contributed by atoms with Gasteiger partial charge in [-0.3, -0.25) is 4.99 Å². The molecule has 0 bridgehead atoms. The van der Waals surface area contributed by atoms with Crippen LogP contribution in [0.4, 0.5) is 0 Å². The molecule has 2 unspecified atom stereocenters. The van der Waals surface area contributed by atoms with E-state index < -0.39 is 0 Å². The maximum atomic E-state index is 5.41. The van der Waals surface area contributed by atoms with Gasteiger partial charge in [0, 0.05) is 19.7 Å². The third-order valence-corrected chi connectivity index (χ3v) is 2.89. The quantitative estimate of drug-likeness (QED) is 0.407. The Balaban J connectivity index is 0.00000400. The van der Waals surface area contributed by atoms with Crippen molar-refractivity contribution in [1.82, 2.24) is 20.8 Å². The van der Waals surface area contributed by atoms with Gasteiger partial charge in [0.2, 0.25) is 5.89 Å². The Bertz CT molecular complexity index is 424. The van der Waals surface area contributed by atoms with Crippen molar-refractivity contribution in [2.75, 3.05) is 13.7 Å². The van der Waals surface area contributed by atoms with Gasteiger partial charge in [0.05, 0.1) is 6.54 Å². The predicted molar refractivity (Wildman–Crippen MR) is 92.8 cm³/mol. The van der Waals surface area contributed by atoms with E-state index in [0.717, 1.165) is 12.4 Å². The van der Waals surface area contributed by atoms with Crippen LogP contribution >= 0.6 is 24.0 Å². The lowest BCUT2D eigenvalue weighted by Crippen LogP contribution is -2.41. The van der Waals surface area contributed by atoms with E-state index in [0.29, 0.717) is 30.9 Å². The van der Waals surface area contributed by atoms with Crippen LogP contribution < -0.4 is 10.6 Å². The topological polar surface area (TPSA) is 84.6 Å². The van der Waals surface area contributed by atoms with Gasteiger partial charge in [0.1, 0.15) is 6.10 Å². The second-order valence-electron chi connectivity index (χ2n) is 4.52. The summed E-state index contributed by atoms with van der Waals surface area (Å²) in [5, 5.41) is 10.3. The standard InChI is InChI=1S/C13H25N5O2.HI/c1-6-9(3)16-13(14-5)15-8-11-17-12(18-20-11)10(4)19-7-2;/h9-10H,6-8H2,1-5H3,(H2,14,15,16);1H. The van der Waals surface area contributed by atoms with Gasteiger partial charge in [-0.2, -0.15) is 4.98 Å². The molecule has 21 heavy (non-hydrogen) atoms. The molecular weight excluding hydrogens is 385 g/mol. The Hall–Kier alpha value is -0.900. The Labute approximate surface area is 143 Å². The van der Waals surface area contributed by atoms with Crippen LogP contribution in [0.2, 0.25) is 0 Å². The van der Waals surface area contributed by atoms with Gasteiger partial charge in [-0.25, -0.2) is 0 Å². The fraction of sp³-hybridized carbons (Fsp3) is 0.769. The molecule has 0 aliphatic heterocycles. The number of nitrogens with one attached hydrogen (secondary N) is 2. The maximum Gasteiger partial charge on any atom is 0.246 e. The number of hydrogen-bond donors (Lipinski definition) is 2. The Kier molecular flexibility index (Phi) is 10.3. The highest BCUT2D eigenvalue weighted by molar-refractivity contribution is 14.0. The van der Waals surface area contributed by atoms with Crippen molar-refractivity contribution in [3.05, 3.63) is 11.7 Å². The second-order valence-corrected chi connectivity index (χ2v) is 4.52. The minimum Gasteiger partial charge on any atom is -0.371 e. The number of rotatable bonds is 7. The molecule has 1 aromatic heterocycles. The molecule has 1 heterocycles. The Morgan fingerprint density at radius 1 is 1.38 bits per heavy atom. The van der Waals surface area contributed by atoms with Crippen molar-refractivity contribution in [1.29, 1.82) is 0 Å². The van der Waals surface area contributed by atoms with Crippen LogP contribution in [0, 0.1) is 0 Å². The molecule has 0 saturated heterocycles. The molecule has 0 fully saturated rings. The minimum absolute atomic E-state index is 0. The molecule has 1 rings (SSSR count). The number of aromatic nitrogens is 2. The molecule has 122 valence electrons. The van der Waals surface area contributed by atoms with Crippen LogP contribution in [0.1, 0.15) is 51.9 Å². The van der Waals surface area contributed by atoms with E-state index in [4.69, 9.17) is 9.26 Å². The zero-order valence-electron chi connectivity index (χ0n) is 13.3. The van der Waals surface area contributed by atoms with Gasteiger partial charge in [0.25, 0.3) is 0 Å². The summed E-state index contributed by atoms with van der Waals surface area (Å²) in [5.41, 5.74) is 0. The van der Waals surface area contributed by atoms with Gasteiger partial charge in [-0.05, 0) is 27.2 Å². The number of aliphatic imine (C=N–C) groups is 1. The SMILES string of the molecule is CCOC(C)c1noc(CNC(=NC)NC(C)CC)n1.I. The second kappa shape index (κ2) is 10.8. The van der Waals surface area contributed by atoms with Crippen molar-refractivity contribution in [3.8, 4) is 0 Å². The van der Waals surface area contributed by atoms with Gasteiger partial charge in [-0.15, -0.1) is 24.0 Å². The fourth-order valence-electron chi connectivity index (χ4n) is 1.52. The molecule has 0 radical (unpaired) electrons. The Morgan fingerprint density at radius 3 is 2.67 bits per heavy atom. The largest absolute Gasteiger partial charge is 0.371 e. The van der Waals surface area contributed by atoms with Crippen LogP contribution in [0.15, 0.2) is 9.52 Å². The van der Waals surface area contributed by atoms with Gasteiger partial charge >= 0.3 is 0 Å². The first-order valence-corrected chi connectivity index (χ1v) is 7.01. The monoisotopic (exact) mass is 411 g/mol. The van der Waals surface area contributed by atoms with Gasteiger partial charge in [0.15, 0.2) is 11.8 Å². The molecule has 0 saturated carbocycles. The van der Waals surface area contributed by atoms with Crippen molar-refractivity contribution in [2.45, 2.75) is 52.8 Å². The van der Waals surface area contributed by atoms with Crippen LogP contribution in [0.25, 0.3) is 0 Å². The molecule has 1 aromatic rings. The summed E-state index contributed by atoms with van der Waals surface area (Å²) in [5.74, 6) is 1.80. The smallest absolute Gasteiger partial charge is 0.246 e. The average molecular weight is 411 g/mol. The van der Waals surface area contributed by atoms with Crippen LogP contribution in [0.5, 0.6) is 0 Å². The highest BCUT2D eigenvalue weighted by Crippen LogP contribution is 2.12. The number of ether oxygens (including phenoxy) is 1. The van der Waals surface area contributed by atoms with Crippen molar-refractivity contribution >= 4 is 29.9 Å². The molecule has 0 spiro atoms. The zero-order chi connectivity index (χ0) is 15.0. The summed E-state index contributed by atoms with van der Waals surface area (Å²) < 4.78 is 10.6. The zero-order valence-corrected chi connectivity index (χ0v) is 15.7. The fourth-order valence-corrected chi connectivity index (χ4v) is 1.52. The third-order valence-electron chi connectivity index (χ3n) is 2.89. The lowest BCUT2D eigenvalue weighted by molar-refractivity contribution is 0.0683. The first kappa shape index (κ1) is 20.1. The van der Waals surface area contributed by atoms with E-state index >= 15 is 0 Å². The van der Waals surface area contributed by atoms with Crippen molar-refractivity contribution in [2.24, 2.45) is 4.99 Å². The van der Waals surface area contributed by atoms with Crippen LogP contribution in [0.3, 0.4) is 0 Å². The summed E-state index contributed by atoms with van der Waals surface area (Å²) >= 11 is 0. The number of hydrogen-bond acceptors (Lipinski definition) is 5. The molecule has 2 atom stereocenters. The molecular formula is C13H26IN5O2. The normalized spacial score (nSPS) is 14.2. The van der Waals surface area contributed by atoms with E-state index in [2.05, 4.69) is 39.6 Å². The summed E-state index contributed by atoms with van der Waals surface area (Å²) in [7, 11) is 1.73. The molecule has 2 N–H and O–H groups in total. The van der Waals surface area contributed by atoms with Gasteiger partial charge < -0.3 is 19.9 Å². The summed E-state index contributed by atoms with van der Waals surface area (Å²) in [6.07, 6.45) is 0.868. The predicted octanol–water partition coefficient (Wildman–Crippen LogP) is 2.25. The third kappa shape index (κ3) is 7.07. The van der Waals surface area contributed by atoms with Gasteiger partial charge in [-0.1, -0.05) is 12.1 Å². The molecule has 8 heteroatoms. The van der Waals surface area contributed by atoms with Crippen LogP contribution in [-0.2, 0) is 11.3 Å². The van der Waals surface area contributed by atoms with E-state index in [1.165, 1.54) is 0 Å². The minimum atomic E-state index is -0.157. The first-order valence-electron chi connectivity index (χ1n) is 7.01. The Morgan fingerprint density at radius 2 is 2.10 bits per heavy atom. The summed E-state index contributed by atoms with van der Waals surface area (Å²) in [6.45, 7) is 9.10. The molecule has 0 amide bonds. The maximum absolute atomic E-state index is 5.41. The number of nitrogens with zero attached hydrogens (tertiary/aromatic N) is 3. The number of guanidine groups is 1. The lowest BCUT2D eigenvalue weighted by atomic mass is 10.3. The summed E-state index contributed by atoms with van der Waals surface area (Å²) in [4.78, 5) is 8.43. The highest BCUT2D eigenvalue weighted by atomic mass is 127. The number of halogens is 1. The molecule has 0 aliphatic carbocycles. The first-order chi connectivity index (χ1) is 9.60. The van der Waals surface area contributed by atoms with Crippen molar-refractivity contribution < 1.29 is 9.26 Å². The highest BCUT2D eigenvalue weighted by Gasteiger charge is 2.14. The lowest BCUT2D eigenvalue weighted by Gasteiger charge is -2.15. The molecule has 0 aromatic carbocycles. The summed E-state index contributed by atoms with van der Waals surface area (Å²) in [6, 6.07) is 0.359. The molecule has 0 aliphatic rings. The van der Waals surface area contributed by atoms with Crippen LogP contribution in [-0.4, -0.2) is 35.8 Å². The molecule has 7 nitrogen and oxygen atoms in total.